The smallest absolute Gasteiger partial charge is 0.166 e. The summed E-state index contributed by atoms with van der Waals surface area (Å²) in [4.78, 5) is 0. The topological polar surface area (TPSA) is 47.9 Å². The van der Waals surface area contributed by atoms with Crippen molar-refractivity contribution in [3.8, 4) is 0 Å². The maximum Gasteiger partial charge on any atom is 0.166 e. The molecule has 4 atom stereocenters. The van der Waals surface area contributed by atoms with E-state index in [2.05, 4.69) is 6.61 Å². The lowest BCUT2D eigenvalue weighted by Crippen LogP contribution is -2.51. The lowest BCUT2D eigenvalue weighted by molar-refractivity contribution is -0.174. The molecule has 0 aromatic rings. The van der Waals surface area contributed by atoms with Crippen LogP contribution in [0.2, 0.25) is 0 Å². The minimum absolute atomic E-state index is 0.290. The molecule has 70 valence electrons. The van der Waals surface area contributed by atoms with Crippen LogP contribution >= 0.6 is 0 Å². The van der Waals surface area contributed by atoms with Gasteiger partial charge in [0.15, 0.2) is 6.61 Å². The molecule has 0 amide bonds. The largest absolute Gasteiger partial charge is 0.388 e. The number of hydrogen-bond donors (Lipinski definition) is 1. The summed E-state index contributed by atoms with van der Waals surface area (Å²) in [7, 11) is 3.05. The third kappa shape index (κ3) is 1.77. The minimum atomic E-state index is -0.666. The van der Waals surface area contributed by atoms with Crippen LogP contribution in [0.4, 0.5) is 0 Å². The molecule has 0 spiro atoms. The van der Waals surface area contributed by atoms with E-state index >= 15 is 0 Å². The molecular formula is C8H14O4. The van der Waals surface area contributed by atoms with Crippen molar-refractivity contribution in [3.63, 3.8) is 0 Å². The Morgan fingerprint density at radius 2 is 2.00 bits per heavy atom. The van der Waals surface area contributed by atoms with Crippen LogP contribution in [0.5, 0.6) is 0 Å². The summed E-state index contributed by atoms with van der Waals surface area (Å²) in [6.45, 7) is 4.40. The van der Waals surface area contributed by atoms with Gasteiger partial charge in [0.2, 0.25) is 0 Å². The van der Waals surface area contributed by atoms with Gasteiger partial charge in [0, 0.05) is 14.2 Å². The minimum Gasteiger partial charge on any atom is -0.388 e. The molecule has 1 fully saturated rings. The van der Waals surface area contributed by atoms with E-state index in [1.165, 1.54) is 14.2 Å². The van der Waals surface area contributed by atoms with Gasteiger partial charge < -0.3 is 19.3 Å². The quantitative estimate of drug-likeness (QED) is 0.631. The van der Waals surface area contributed by atoms with Gasteiger partial charge in [0.1, 0.15) is 18.3 Å². The molecule has 1 rings (SSSR count). The second kappa shape index (κ2) is 4.18. The summed E-state index contributed by atoms with van der Waals surface area (Å²) in [5.41, 5.74) is 0. The second-order valence-corrected chi connectivity index (χ2v) is 2.79. The molecule has 0 aromatic heterocycles. The fourth-order valence-electron chi connectivity index (χ4n) is 1.20. The van der Waals surface area contributed by atoms with Crippen molar-refractivity contribution in [1.82, 2.24) is 0 Å². The van der Waals surface area contributed by atoms with E-state index in [0.29, 0.717) is 0 Å². The fourth-order valence-corrected chi connectivity index (χ4v) is 1.20. The van der Waals surface area contributed by atoms with Gasteiger partial charge in [-0.2, -0.15) is 0 Å². The zero-order chi connectivity index (χ0) is 9.14. The van der Waals surface area contributed by atoms with Gasteiger partial charge in [0.25, 0.3) is 0 Å². The molecule has 0 aromatic carbocycles. The van der Waals surface area contributed by atoms with E-state index in [1.807, 2.05) is 0 Å². The van der Waals surface area contributed by atoms with Crippen LogP contribution in [0.1, 0.15) is 6.92 Å². The zero-order valence-corrected chi connectivity index (χ0v) is 7.48. The van der Waals surface area contributed by atoms with Crippen LogP contribution in [-0.2, 0) is 14.2 Å². The molecule has 1 N–H and O–H groups in total. The van der Waals surface area contributed by atoms with E-state index in [-0.39, 0.29) is 6.10 Å². The monoisotopic (exact) mass is 174 g/mol. The predicted octanol–water partition coefficient (Wildman–Crippen LogP) is -0.165. The average molecular weight is 174 g/mol. The van der Waals surface area contributed by atoms with E-state index < -0.39 is 18.3 Å². The number of methoxy groups -OCH3 is 2. The molecule has 12 heavy (non-hydrogen) atoms. The molecule has 0 saturated carbocycles. The van der Waals surface area contributed by atoms with Crippen molar-refractivity contribution >= 4 is 0 Å². The lowest BCUT2D eigenvalue weighted by atomic mass is 10.0. The molecule has 0 bridgehead atoms. The van der Waals surface area contributed by atoms with Crippen LogP contribution in [0.3, 0.4) is 0 Å². The van der Waals surface area contributed by atoms with Crippen molar-refractivity contribution in [2.45, 2.75) is 31.3 Å². The normalized spacial score (nSPS) is 43.0. The SMILES string of the molecule is CO[C@@H]1[C@@H](O)[C@H](C)O[C][C@H]1OC. The predicted molar refractivity (Wildman–Crippen MR) is 41.4 cm³/mol. The summed E-state index contributed by atoms with van der Waals surface area (Å²) in [5.74, 6) is 0. The van der Waals surface area contributed by atoms with Crippen molar-refractivity contribution in [1.29, 1.82) is 0 Å². The first kappa shape index (κ1) is 9.92. The molecule has 1 aliphatic heterocycles. The van der Waals surface area contributed by atoms with Crippen molar-refractivity contribution in [2.24, 2.45) is 0 Å². The highest BCUT2D eigenvalue weighted by Crippen LogP contribution is 2.21. The zero-order valence-electron chi connectivity index (χ0n) is 7.48. The molecule has 1 heterocycles. The molecule has 0 aliphatic carbocycles. The molecule has 4 nitrogen and oxygen atoms in total. The highest BCUT2D eigenvalue weighted by molar-refractivity contribution is 4.91. The third-order valence-corrected chi connectivity index (χ3v) is 2.01. The lowest BCUT2D eigenvalue weighted by Gasteiger charge is -2.36. The Hall–Kier alpha value is -0.160. The first-order valence-corrected chi connectivity index (χ1v) is 3.85. The first-order chi connectivity index (χ1) is 5.70. The molecule has 0 unspecified atom stereocenters. The van der Waals surface area contributed by atoms with Crippen LogP contribution in [0.25, 0.3) is 0 Å². The number of hydrogen-bond acceptors (Lipinski definition) is 4. The molecule has 1 saturated heterocycles. The van der Waals surface area contributed by atoms with Crippen LogP contribution < -0.4 is 0 Å². The summed E-state index contributed by atoms with van der Waals surface area (Å²) < 4.78 is 15.1. The molecular weight excluding hydrogens is 160 g/mol. The average Bonchev–Trinajstić information content (AvgIpc) is 2.09. The Morgan fingerprint density at radius 1 is 1.33 bits per heavy atom. The van der Waals surface area contributed by atoms with E-state index in [9.17, 15) is 5.11 Å². The summed E-state index contributed by atoms with van der Waals surface area (Å²) in [5, 5.41) is 9.57. The Morgan fingerprint density at radius 3 is 2.50 bits per heavy atom. The maximum atomic E-state index is 9.57. The van der Waals surface area contributed by atoms with Crippen LogP contribution in [-0.4, -0.2) is 43.7 Å². The van der Waals surface area contributed by atoms with Gasteiger partial charge in [-0.3, -0.25) is 0 Å². The molecule has 1 aliphatic rings. The van der Waals surface area contributed by atoms with Gasteiger partial charge in [-0.05, 0) is 6.92 Å². The van der Waals surface area contributed by atoms with Crippen LogP contribution in [0.15, 0.2) is 0 Å². The number of rotatable bonds is 2. The van der Waals surface area contributed by atoms with Crippen molar-refractivity contribution in [2.75, 3.05) is 14.2 Å². The van der Waals surface area contributed by atoms with Gasteiger partial charge in [-0.1, -0.05) is 0 Å². The Bertz CT molecular complexity index is 137. The third-order valence-electron chi connectivity index (χ3n) is 2.01. The fraction of sp³-hybridized carbons (Fsp3) is 0.875. The number of aliphatic hydroxyl groups is 1. The summed E-state index contributed by atoms with van der Waals surface area (Å²) >= 11 is 0. The van der Waals surface area contributed by atoms with E-state index in [1.54, 1.807) is 6.92 Å². The summed E-state index contributed by atoms with van der Waals surface area (Å²) in [6, 6.07) is 0. The van der Waals surface area contributed by atoms with Crippen LogP contribution in [0, 0.1) is 6.61 Å². The Balaban J connectivity index is 2.58. The summed E-state index contributed by atoms with van der Waals surface area (Å²) in [6.07, 6.45) is -1.76. The van der Waals surface area contributed by atoms with Crippen molar-refractivity contribution < 1.29 is 19.3 Å². The standard InChI is InChI=1S/C8H14O4/c1-5-7(9)8(11-3)6(10-2)4-12-5/h5-9H,1-3H3/t5-,6+,7-,8-/m0/s1. The van der Waals surface area contributed by atoms with E-state index in [0.717, 1.165) is 0 Å². The Kier molecular flexibility index (Phi) is 3.46. The molecule has 2 radical (unpaired) electrons. The van der Waals surface area contributed by atoms with Gasteiger partial charge in [-0.15, -0.1) is 0 Å². The molecule has 4 heteroatoms. The van der Waals surface area contributed by atoms with Gasteiger partial charge in [-0.25, -0.2) is 0 Å². The van der Waals surface area contributed by atoms with Gasteiger partial charge in [0.05, 0.1) is 6.10 Å². The van der Waals surface area contributed by atoms with Gasteiger partial charge >= 0.3 is 0 Å². The number of aliphatic hydroxyl groups excluding tert-OH is 1. The highest BCUT2D eigenvalue weighted by Gasteiger charge is 2.38. The highest BCUT2D eigenvalue weighted by atomic mass is 16.6. The maximum absolute atomic E-state index is 9.57. The van der Waals surface area contributed by atoms with E-state index in [4.69, 9.17) is 14.2 Å². The first-order valence-electron chi connectivity index (χ1n) is 3.85. The van der Waals surface area contributed by atoms with Crippen molar-refractivity contribution in [3.05, 3.63) is 6.61 Å². The Labute approximate surface area is 72.4 Å². The second-order valence-electron chi connectivity index (χ2n) is 2.79. The number of ether oxygens (including phenoxy) is 3.